The van der Waals surface area contributed by atoms with E-state index >= 15 is 0 Å². The Morgan fingerprint density at radius 1 is 0.907 bits per heavy atom. The number of benzene rings is 2. The van der Waals surface area contributed by atoms with Gasteiger partial charge in [0.2, 0.25) is 5.91 Å². The monoisotopic (exact) mass is 606 g/mol. The molecule has 1 saturated heterocycles. The summed E-state index contributed by atoms with van der Waals surface area (Å²) >= 11 is 6.18. The van der Waals surface area contributed by atoms with Crippen LogP contribution in [0.3, 0.4) is 0 Å². The Labute approximate surface area is 264 Å². The first kappa shape index (κ1) is 31.8. The quantitative estimate of drug-likeness (QED) is 0.348. The van der Waals surface area contributed by atoms with Gasteiger partial charge in [-0.1, -0.05) is 80.3 Å². The molecule has 0 spiro atoms. The van der Waals surface area contributed by atoms with E-state index in [-0.39, 0.29) is 29.9 Å². The molecule has 7 heteroatoms. The van der Waals surface area contributed by atoms with Crippen molar-refractivity contribution in [2.45, 2.75) is 108 Å². The summed E-state index contributed by atoms with van der Waals surface area (Å²) in [6.45, 7) is 3.61. The van der Waals surface area contributed by atoms with Crippen LogP contribution in [0.1, 0.15) is 88.2 Å². The highest BCUT2D eigenvalue weighted by molar-refractivity contribution is 6.30. The van der Waals surface area contributed by atoms with Crippen molar-refractivity contribution in [3.05, 3.63) is 70.7 Å². The summed E-state index contributed by atoms with van der Waals surface area (Å²) in [5.41, 5.74) is 2.55. The highest BCUT2D eigenvalue weighted by atomic mass is 35.5. The maximum Gasteiger partial charge on any atom is 0.319 e. The molecule has 2 aromatic carbocycles. The molecule has 0 radical (unpaired) electrons. The highest BCUT2D eigenvalue weighted by Crippen LogP contribution is 2.34. The third-order valence-corrected chi connectivity index (χ3v) is 10.4. The van der Waals surface area contributed by atoms with Crippen LogP contribution < -0.4 is 5.32 Å². The van der Waals surface area contributed by atoms with Crippen LogP contribution in [-0.2, 0) is 11.2 Å². The molecule has 3 fully saturated rings. The van der Waals surface area contributed by atoms with Crippen molar-refractivity contribution in [2.24, 2.45) is 5.92 Å². The fourth-order valence-corrected chi connectivity index (χ4v) is 7.93. The van der Waals surface area contributed by atoms with Gasteiger partial charge in [-0.15, -0.1) is 0 Å². The molecule has 3 aliphatic rings. The van der Waals surface area contributed by atoms with Gasteiger partial charge in [0, 0.05) is 50.3 Å². The second-order valence-electron chi connectivity index (χ2n) is 13.5. The largest absolute Gasteiger partial charge is 0.341 e. The number of hydrogen-bond acceptors (Lipinski definition) is 3. The van der Waals surface area contributed by atoms with E-state index in [2.05, 4.69) is 52.4 Å². The van der Waals surface area contributed by atoms with Crippen molar-refractivity contribution in [3.63, 3.8) is 0 Å². The molecular weight excluding hydrogens is 556 g/mol. The minimum Gasteiger partial charge on any atom is -0.341 e. The number of halogens is 1. The molecule has 3 atom stereocenters. The van der Waals surface area contributed by atoms with Gasteiger partial charge in [0.25, 0.3) is 0 Å². The van der Waals surface area contributed by atoms with E-state index in [1.807, 2.05) is 38.4 Å². The molecule has 2 saturated carbocycles. The maximum absolute atomic E-state index is 14.2. The van der Waals surface area contributed by atoms with Crippen molar-refractivity contribution in [2.75, 3.05) is 27.2 Å². The zero-order chi connectivity index (χ0) is 30.3. The average Bonchev–Trinajstić information content (AvgIpc) is 3.03. The maximum atomic E-state index is 14.2. The van der Waals surface area contributed by atoms with Crippen LogP contribution in [0.15, 0.2) is 54.6 Å². The van der Waals surface area contributed by atoms with Crippen molar-refractivity contribution < 1.29 is 9.59 Å². The van der Waals surface area contributed by atoms with Crippen LogP contribution >= 0.6 is 11.6 Å². The predicted octanol–water partition coefficient (Wildman–Crippen LogP) is 7.12. The molecule has 2 aromatic rings. The second kappa shape index (κ2) is 14.9. The Morgan fingerprint density at radius 2 is 1.58 bits per heavy atom. The molecule has 2 aliphatic carbocycles. The molecule has 234 valence electrons. The Bertz CT molecular complexity index is 1180. The summed E-state index contributed by atoms with van der Waals surface area (Å²) in [6, 6.07) is 19.4. The van der Waals surface area contributed by atoms with Crippen LogP contribution in [0.2, 0.25) is 5.02 Å². The number of urea groups is 1. The van der Waals surface area contributed by atoms with Crippen molar-refractivity contribution in [3.8, 4) is 0 Å². The number of likely N-dealkylation sites (tertiary alicyclic amines) is 1. The number of amides is 3. The van der Waals surface area contributed by atoms with Gasteiger partial charge >= 0.3 is 6.03 Å². The molecule has 2 unspecified atom stereocenters. The minimum atomic E-state index is -0.277. The molecule has 6 nitrogen and oxygen atoms in total. The average molecular weight is 607 g/mol. The zero-order valence-corrected chi connectivity index (χ0v) is 27.1. The van der Waals surface area contributed by atoms with E-state index in [0.717, 1.165) is 50.5 Å². The molecule has 3 amide bonds. The van der Waals surface area contributed by atoms with Gasteiger partial charge in [-0.05, 0) is 86.5 Å². The third-order valence-electron chi connectivity index (χ3n) is 10.2. The SMILES string of the molecule is CC1CN(C(=O)[C@H](Cc2ccc(Cl)cc2)NC2CCC(c3ccccc3)CC2)CCC1N(C(=O)N(C)C)C1CCCCC1. The zero-order valence-electron chi connectivity index (χ0n) is 26.4. The number of nitrogens with one attached hydrogen (secondary N) is 1. The fraction of sp³-hybridized carbons (Fsp3) is 0.611. The molecule has 43 heavy (non-hydrogen) atoms. The summed E-state index contributed by atoms with van der Waals surface area (Å²) in [5, 5.41) is 4.54. The lowest BCUT2D eigenvalue weighted by Crippen LogP contribution is -2.60. The van der Waals surface area contributed by atoms with E-state index in [0.29, 0.717) is 42.5 Å². The summed E-state index contributed by atoms with van der Waals surface area (Å²) in [4.78, 5) is 33.7. The molecule has 0 bridgehead atoms. The van der Waals surface area contributed by atoms with Crippen LogP contribution in [0, 0.1) is 5.92 Å². The van der Waals surface area contributed by atoms with Crippen LogP contribution in [0.4, 0.5) is 4.79 Å². The standard InChI is InChI=1S/C36H51ClN4O2/c1-26-25-40(23-22-34(26)41(36(43)39(2)3)32-12-8-5-9-13-32)35(42)33(24-27-14-18-30(37)19-15-27)38-31-20-16-29(17-21-31)28-10-6-4-7-11-28/h4,6-7,10-11,14-15,18-19,26,29,31-34,38H,5,8-9,12-13,16-17,20-25H2,1-3H3/t26?,29?,31?,33-,34?/m0/s1. The first-order valence-corrected chi connectivity index (χ1v) is 17.0. The van der Waals surface area contributed by atoms with Gasteiger partial charge in [-0.25, -0.2) is 4.79 Å². The topological polar surface area (TPSA) is 55.9 Å². The van der Waals surface area contributed by atoms with Crippen LogP contribution in [0.25, 0.3) is 0 Å². The third kappa shape index (κ3) is 8.13. The van der Waals surface area contributed by atoms with Gasteiger partial charge in [-0.3, -0.25) is 4.79 Å². The predicted molar refractivity (Wildman–Crippen MR) is 175 cm³/mol. The summed E-state index contributed by atoms with van der Waals surface area (Å²) in [7, 11) is 3.73. The first-order chi connectivity index (χ1) is 20.8. The lowest BCUT2D eigenvalue weighted by molar-refractivity contribution is -0.136. The van der Waals surface area contributed by atoms with Crippen LogP contribution in [-0.4, -0.2) is 78.0 Å². The highest BCUT2D eigenvalue weighted by Gasteiger charge is 2.40. The number of carbonyl (C=O) groups is 2. The molecule has 0 aromatic heterocycles. The Morgan fingerprint density at radius 3 is 2.21 bits per heavy atom. The van der Waals surface area contributed by atoms with Crippen molar-refractivity contribution in [1.29, 1.82) is 0 Å². The summed E-state index contributed by atoms with van der Waals surface area (Å²) in [5.74, 6) is 1.01. The van der Waals surface area contributed by atoms with E-state index in [1.165, 1.54) is 24.8 Å². The van der Waals surface area contributed by atoms with E-state index in [9.17, 15) is 9.59 Å². The fourth-order valence-electron chi connectivity index (χ4n) is 7.80. The molecule has 1 aliphatic heterocycles. The molecular formula is C36H51ClN4O2. The minimum absolute atomic E-state index is 0.122. The summed E-state index contributed by atoms with van der Waals surface area (Å²) in [6.07, 6.45) is 11.7. The molecule has 1 N–H and O–H groups in total. The first-order valence-electron chi connectivity index (χ1n) is 16.6. The number of piperidine rings is 1. The summed E-state index contributed by atoms with van der Waals surface area (Å²) < 4.78 is 0. The normalized spacial score (nSPS) is 25.6. The molecule has 5 rings (SSSR count). The molecule has 1 heterocycles. The number of rotatable bonds is 8. The Hall–Kier alpha value is -2.57. The smallest absolute Gasteiger partial charge is 0.319 e. The van der Waals surface area contributed by atoms with Crippen molar-refractivity contribution >= 4 is 23.5 Å². The van der Waals surface area contributed by atoms with Gasteiger partial charge in [-0.2, -0.15) is 0 Å². The van der Waals surface area contributed by atoms with Gasteiger partial charge in [0.05, 0.1) is 6.04 Å². The van der Waals surface area contributed by atoms with Gasteiger partial charge in [0.15, 0.2) is 0 Å². The van der Waals surface area contributed by atoms with E-state index in [4.69, 9.17) is 11.6 Å². The van der Waals surface area contributed by atoms with Gasteiger partial charge < -0.3 is 20.0 Å². The van der Waals surface area contributed by atoms with E-state index in [1.54, 1.807) is 4.90 Å². The van der Waals surface area contributed by atoms with Crippen LogP contribution in [0.5, 0.6) is 0 Å². The van der Waals surface area contributed by atoms with E-state index < -0.39 is 0 Å². The van der Waals surface area contributed by atoms with Crippen molar-refractivity contribution in [1.82, 2.24) is 20.0 Å². The Kier molecular flexibility index (Phi) is 11.1. The number of hydrogen-bond donors (Lipinski definition) is 1. The Balaban J connectivity index is 1.26. The second-order valence-corrected chi connectivity index (χ2v) is 13.9. The van der Waals surface area contributed by atoms with Gasteiger partial charge in [0.1, 0.15) is 0 Å². The lowest BCUT2D eigenvalue weighted by Gasteiger charge is -2.48. The number of carbonyl (C=O) groups excluding carboxylic acids is 2. The number of nitrogens with zero attached hydrogens (tertiary/aromatic N) is 3. The lowest BCUT2D eigenvalue weighted by atomic mass is 9.81.